The van der Waals surface area contributed by atoms with Gasteiger partial charge in [0.25, 0.3) is 0 Å². The normalized spacial score (nSPS) is 18.7. The lowest BCUT2D eigenvalue weighted by Gasteiger charge is -2.53. The molecule has 0 aromatic carbocycles. The molecule has 1 rings (SSSR count). The van der Waals surface area contributed by atoms with E-state index in [1.807, 2.05) is 27.7 Å². The number of rotatable bonds is 19. The lowest BCUT2D eigenvalue weighted by molar-refractivity contribution is -0.309. The van der Waals surface area contributed by atoms with Crippen molar-refractivity contribution < 1.29 is 28.7 Å². The molecule has 0 aromatic rings. The van der Waals surface area contributed by atoms with Crippen LogP contribution in [-0.4, -0.2) is 68.6 Å². The second-order valence-electron chi connectivity index (χ2n) is 16.4. The molecular formula is C36H70N2O6. The van der Waals surface area contributed by atoms with E-state index in [-0.39, 0.29) is 58.5 Å². The monoisotopic (exact) mass is 627 g/mol. The van der Waals surface area contributed by atoms with Crippen molar-refractivity contribution in [2.45, 2.75) is 221 Å². The molecule has 1 unspecified atom stereocenters. The molecule has 1 saturated heterocycles. The minimum atomic E-state index is -0.289. The van der Waals surface area contributed by atoms with Crippen molar-refractivity contribution in [1.82, 2.24) is 10.1 Å². The Morgan fingerprint density at radius 3 is 1.70 bits per heavy atom. The molecule has 1 fully saturated rings. The molecule has 1 aliphatic rings. The number of hydrogen-bond acceptors (Lipinski definition) is 8. The summed E-state index contributed by atoms with van der Waals surface area (Å²) in [5.74, 6) is -0.215. The van der Waals surface area contributed by atoms with Crippen molar-refractivity contribution in [3.63, 3.8) is 0 Å². The van der Waals surface area contributed by atoms with Crippen molar-refractivity contribution in [3.8, 4) is 0 Å². The van der Waals surface area contributed by atoms with Crippen LogP contribution in [0.2, 0.25) is 0 Å². The first-order valence-corrected chi connectivity index (χ1v) is 17.4. The predicted octanol–water partition coefficient (Wildman–Crippen LogP) is 8.94. The Bertz CT molecular complexity index is 843. The molecule has 0 bridgehead atoms. The number of unbranched alkanes of at least 4 members (excludes halogenated alkanes) is 5. The molecule has 1 aliphatic heterocycles. The summed E-state index contributed by atoms with van der Waals surface area (Å²) in [5.41, 5.74) is -0.894. The first-order valence-electron chi connectivity index (χ1n) is 17.4. The quantitative estimate of drug-likeness (QED) is 0.0799. The Labute approximate surface area is 271 Å². The van der Waals surface area contributed by atoms with Crippen LogP contribution in [0.15, 0.2) is 0 Å². The molecule has 0 saturated carbocycles. The van der Waals surface area contributed by atoms with E-state index in [0.29, 0.717) is 19.3 Å². The highest BCUT2D eigenvalue weighted by molar-refractivity contribution is 5.69. The van der Waals surface area contributed by atoms with Crippen molar-refractivity contribution in [2.75, 3.05) is 0 Å². The molecular weight excluding hydrogens is 556 g/mol. The number of esters is 2. The Balaban J connectivity index is 2.33. The summed E-state index contributed by atoms with van der Waals surface area (Å²) in [6.45, 7) is 29.6. The summed E-state index contributed by atoms with van der Waals surface area (Å²) in [6, 6.07) is 0. The maximum Gasteiger partial charge on any atom is 0.306 e. The van der Waals surface area contributed by atoms with Crippen LogP contribution in [0.3, 0.4) is 0 Å². The molecule has 8 heteroatoms. The fraction of sp³-hybridized carbons (Fsp3) is 0.944. The second kappa shape index (κ2) is 17.6. The van der Waals surface area contributed by atoms with Gasteiger partial charge in [-0.05, 0) is 109 Å². The van der Waals surface area contributed by atoms with Crippen LogP contribution in [0.5, 0.6) is 0 Å². The second-order valence-corrected chi connectivity index (χ2v) is 16.4. The molecule has 0 aromatic heterocycles. The Kier molecular flexibility index (Phi) is 16.3. The molecule has 0 aliphatic carbocycles. The van der Waals surface area contributed by atoms with E-state index >= 15 is 0 Å². The number of nitrogens with zero attached hydrogens (tertiary/aromatic N) is 2. The summed E-state index contributed by atoms with van der Waals surface area (Å²) in [6.07, 6.45) is 9.61. The molecule has 260 valence electrons. The third kappa shape index (κ3) is 14.5. The van der Waals surface area contributed by atoms with Gasteiger partial charge in [-0.25, -0.2) is 0 Å². The van der Waals surface area contributed by atoms with Crippen molar-refractivity contribution in [2.24, 2.45) is 0 Å². The number of carbonyl (C=O) groups excluding carboxylic acids is 2. The van der Waals surface area contributed by atoms with Crippen LogP contribution in [0.1, 0.15) is 174 Å². The Morgan fingerprint density at radius 2 is 1.27 bits per heavy atom. The zero-order chi connectivity index (χ0) is 33.9. The van der Waals surface area contributed by atoms with Gasteiger partial charge >= 0.3 is 11.9 Å². The largest absolute Gasteiger partial charge is 0.462 e. The van der Waals surface area contributed by atoms with Crippen LogP contribution < -0.4 is 0 Å². The lowest BCUT2D eigenvalue weighted by Crippen LogP contribution is -2.62. The third-order valence-electron chi connectivity index (χ3n) is 8.14. The van der Waals surface area contributed by atoms with E-state index < -0.39 is 0 Å². The lowest BCUT2D eigenvalue weighted by atomic mass is 9.80. The molecule has 44 heavy (non-hydrogen) atoms. The van der Waals surface area contributed by atoms with E-state index in [2.05, 4.69) is 79.4 Å². The highest BCUT2D eigenvalue weighted by Gasteiger charge is 2.48. The summed E-state index contributed by atoms with van der Waals surface area (Å²) in [4.78, 5) is 37.6. The smallest absolute Gasteiger partial charge is 0.306 e. The minimum Gasteiger partial charge on any atom is -0.462 e. The highest BCUT2D eigenvalue weighted by atomic mass is 16.7. The minimum absolute atomic E-state index is 0.0731. The van der Waals surface area contributed by atoms with Gasteiger partial charge in [0, 0.05) is 54.3 Å². The number of piperidine rings is 1. The van der Waals surface area contributed by atoms with Gasteiger partial charge in [-0.15, -0.1) is 0 Å². The van der Waals surface area contributed by atoms with Gasteiger partial charge in [0.15, 0.2) is 0 Å². The van der Waals surface area contributed by atoms with Gasteiger partial charge < -0.3 is 9.47 Å². The van der Waals surface area contributed by atoms with Gasteiger partial charge in [0.2, 0.25) is 0 Å². The van der Waals surface area contributed by atoms with Gasteiger partial charge in [-0.2, -0.15) is 10.1 Å². The van der Waals surface area contributed by atoms with Gasteiger partial charge in [0.05, 0.1) is 12.2 Å². The molecule has 8 nitrogen and oxygen atoms in total. The summed E-state index contributed by atoms with van der Waals surface area (Å²) in [5, 5.41) is 4.16. The van der Waals surface area contributed by atoms with Crippen LogP contribution in [0.25, 0.3) is 0 Å². The van der Waals surface area contributed by atoms with Crippen molar-refractivity contribution in [3.05, 3.63) is 0 Å². The van der Waals surface area contributed by atoms with Gasteiger partial charge in [-0.3, -0.25) is 19.3 Å². The zero-order valence-electron chi connectivity index (χ0n) is 31.1. The first-order chi connectivity index (χ1) is 20.1. The van der Waals surface area contributed by atoms with Crippen molar-refractivity contribution in [1.29, 1.82) is 0 Å². The van der Waals surface area contributed by atoms with Crippen LogP contribution in [-0.2, 0) is 28.7 Å². The van der Waals surface area contributed by atoms with E-state index in [1.165, 1.54) is 0 Å². The fourth-order valence-corrected chi connectivity index (χ4v) is 6.82. The maximum atomic E-state index is 12.6. The number of hydrogen-bond donors (Lipinski definition) is 0. The van der Waals surface area contributed by atoms with E-state index in [1.54, 1.807) is 0 Å². The average molecular weight is 627 g/mol. The van der Waals surface area contributed by atoms with Crippen LogP contribution >= 0.6 is 0 Å². The van der Waals surface area contributed by atoms with Crippen LogP contribution in [0, 0.1) is 0 Å². The Morgan fingerprint density at radius 1 is 0.795 bits per heavy atom. The van der Waals surface area contributed by atoms with Gasteiger partial charge in [0.1, 0.15) is 12.2 Å². The molecule has 1 heterocycles. The van der Waals surface area contributed by atoms with Crippen LogP contribution in [0.4, 0.5) is 0 Å². The first kappa shape index (κ1) is 40.8. The number of ether oxygens (including phenoxy) is 2. The fourth-order valence-electron chi connectivity index (χ4n) is 6.82. The summed E-state index contributed by atoms with van der Waals surface area (Å²) in [7, 11) is 0. The summed E-state index contributed by atoms with van der Waals surface area (Å²) < 4.78 is 11.8. The molecule has 1 atom stereocenters. The molecule has 0 spiro atoms. The highest BCUT2D eigenvalue weighted by Crippen LogP contribution is 2.40. The Hall–Kier alpha value is -1.22. The number of hydroxylamine groups is 4. The summed E-state index contributed by atoms with van der Waals surface area (Å²) >= 11 is 0. The predicted molar refractivity (Wildman–Crippen MR) is 179 cm³/mol. The zero-order valence-corrected chi connectivity index (χ0v) is 31.1. The van der Waals surface area contributed by atoms with Crippen molar-refractivity contribution >= 4 is 11.9 Å². The standard InChI is InChI=1S/C36H70N2O6/c1-15-29(24-34(9,10)37(33(6,7)8)43-27(2)3)41-31(39)22-20-18-16-17-19-21-23-32(40)42-30-25-35(11,12)38(44-28(4)5)36(13,14)26-30/h27-30H,15-26H2,1-14H3. The SMILES string of the molecule is CCC(CC(C)(C)N(OC(C)C)C(C)(C)C)OC(=O)CCCCCCCCC(=O)OC1CC(C)(C)N(OC(C)C)C(C)(C)C1. The average Bonchev–Trinajstić information content (AvgIpc) is 2.84. The topological polar surface area (TPSA) is 77.5 Å². The van der Waals surface area contributed by atoms with E-state index in [0.717, 1.165) is 57.8 Å². The number of carbonyl (C=O) groups is 2. The molecule has 0 radical (unpaired) electrons. The third-order valence-corrected chi connectivity index (χ3v) is 8.14. The maximum absolute atomic E-state index is 12.6. The van der Waals surface area contributed by atoms with Gasteiger partial charge in [-0.1, -0.05) is 32.6 Å². The molecule has 0 N–H and O–H groups in total. The molecule has 0 amide bonds. The van der Waals surface area contributed by atoms with E-state index in [9.17, 15) is 9.59 Å². The van der Waals surface area contributed by atoms with E-state index in [4.69, 9.17) is 19.1 Å².